The van der Waals surface area contributed by atoms with Crippen molar-refractivity contribution in [3.63, 3.8) is 0 Å². The number of nitrogens with one attached hydrogen (secondary N) is 1. The van der Waals surface area contributed by atoms with Crippen LogP contribution in [0.3, 0.4) is 0 Å². The molecule has 0 atom stereocenters. The molecule has 1 amide bonds. The minimum atomic E-state index is -0.364. The highest BCUT2D eigenvalue weighted by molar-refractivity contribution is 6.04. The van der Waals surface area contributed by atoms with Crippen molar-refractivity contribution in [2.75, 3.05) is 18.5 Å². The molecule has 9 heteroatoms. The number of amides is 1. The number of ether oxygens (including phenoxy) is 3. The van der Waals surface area contributed by atoms with Crippen molar-refractivity contribution in [1.29, 1.82) is 0 Å². The third-order valence-electron chi connectivity index (χ3n) is 5.23. The van der Waals surface area contributed by atoms with Gasteiger partial charge in [0.05, 0.1) is 5.69 Å². The average Bonchev–Trinajstić information content (AvgIpc) is 2.88. The molecule has 5 rings (SSSR count). The van der Waals surface area contributed by atoms with Crippen molar-refractivity contribution in [3.05, 3.63) is 106 Å². The predicted octanol–water partition coefficient (Wildman–Crippen LogP) is 3.97. The largest absolute Gasteiger partial charge is 0.486 e. The molecule has 3 aromatic carbocycles. The molecule has 0 unspecified atom stereocenters. The molecule has 0 saturated carbocycles. The first-order valence-corrected chi connectivity index (χ1v) is 10.8. The number of halogens is 1. The molecule has 1 aliphatic rings. The molecule has 0 fully saturated rings. The van der Waals surface area contributed by atoms with Crippen LogP contribution in [0.5, 0.6) is 17.4 Å². The van der Waals surface area contributed by atoms with Crippen LogP contribution in [0.2, 0.25) is 0 Å². The molecule has 0 spiro atoms. The fraction of sp³-hybridized carbons (Fsp3) is 0.115. The second kappa shape index (κ2) is 9.68. The van der Waals surface area contributed by atoms with E-state index in [0.29, 0.717) is 47.2 Å². The number of benzene rings is 3. The summed E-state index contributed by atoms with van der Waals surface area (Å²) in [6.45, 7) is 1.04. The Kier molecular flexibility index (Phi) is 6.13. The fourth-order valence-electron chi connectivity index (χ4n) is 3.52. The zero-order valence-electron chi connectivity index (χ0n) is 18.4. The maximum Gasteiger partial charge on any atom is 0.271 e. The molecule has 0 saturated heterocycles. The summed E-state index contributed by atoms with van der Waals surface area (Å²) in [4.78, 5) is 25.0. The van der Waals surface area contributed by atoms with Gasteiger partial charge in [0.15, 0.2) is 11.5 Å². The normalized spacial score (nSPS) is 12.1. The number of carbonyl (C=O) groups excluding carboxylic acids is 1. The summed E-state index contributed by atoms with van der Waals surface area (Å²) in [6, 6.07) is 20.4. The van der Waals surface area contributed by atoms with Gasteiger partial charge in [0.1, 0.15) is 25.6 Å². The monoisotopic (exact) mass is 473 g/mol. The molecule has 0 aliphatic carbocycles. The Bertz CT molecular complexity index is 1440. The quantitative estimate of drug-likeness (QED) is 0.456. The highest BCUT2D eigenvalue weighted by Crippen LogP contribution is 2.32. The predicted molar refractivity (Wildman–Crippen MR) is 126 cm³/mol. The van der Waals surface area contributed by atoms with E-state index in [1.165, 1.54) is 28.9 Å². The molecule has 2 heterocycles. The molecule has 8 nitrogen and oxygen atoms in total. The van der Waals surface area contributed by atoms with Gasteiger partial charge in [-0.2, -0.15) is 4.68 Å². The Morgan fingerprint density at radius 1 is 0.971 bits per heavy atom. The van der Waals surface area contributed by atoms with Crippen molar-refractivity contribution >= 4 is 11.6 Å². The highest BCUT2D eigenvalue weighted by atomic mass is 19.1. The maximum atomic E-state index is 13.4. The molecule has 1 aromatic heterocycles. The number of fused-ring (bicyclic) bond motifs is 1. The summed E-state index contributed by atoms with van der Waals surface area (Å²) < 4.78 is 31.2. The first kappa shape index (κ1) is 22.1. The highest BCUT2D eigenvalue weighted by Gasteiger charge is 2.14. The van der Waals surface area contributed by atoms with E-state index in [2.05, 4.69) is 10.4 Å². The molecule has 0 radical (unpaired) electrons. The van der Waals surface area contributed by atoms with Crippen LogP contribution in [0.15, 0.2) is 83.7 Å². The van der Waals surface area contributed by atoms with Gasteiger partial charge >= 0.3 is 0 Å². The number of nitrogens with zero attached hydrogens (tertiary/aromatic N) is 2. The number of rotatable bonds is 6. The number of hydrogen-bond donors (Lipinski definition) is 1. The van der Waals surface area contributed by atoms with Crippen LogP contribution in [0, 0.1) is 5.82 Å². The lowest BCUT2D eigenvalue weighted by molar-refractivity contribution is 0.102. The lowest BCUT2D eigenvalue weighted by Gasteiger charge is -2.19. The van der Waals surface area contributed by atoms with Crippen molar-refractivity contribution in [3.8, 4) is 23.1 Å². The third-order valence-corrected chi connectivity index (χ3v) is 5.23. The summed E-state index contributed by atoms with van der Waals surface area (Å²) in [5.41, 5.74) is 1.70. The van der Waals surface area contributed by atoms with E-state index in [1.807, 2.05) is 0 Å². The van der Waals surface area contributed by atoms with E-state index in [4.69, 9.17) is 14.2 Å². The molecule has 35 heavy (non-hydrogen) atoms. The lowest BCUT2D eigenvalue weighted by Crippen LogP contribution is -2.21. The molecule has 176 valence electrons. The molecule has 4 aromatic rings. The Morgan fingerprint density at radius 3 is 2.57 bits per heavy atom. The van der Waals surface area contributed by atoms with Crippen molar-refractivity contribution in [2.45, 2.75) is 6.61 Å². The SMILES string of the molecule is O=C(Nc1ccc2c(c1)OCCO2)c1ccc(-n2nc(OCc3cccc(F)c3)ccc2=O)cc1. The first-order valence-electron chi connectivity index (χ1n) is 10.8. The van der Waals surface area contributed by atoms with E-state index in [-0.39, 0.29) is 29.8 Å². The van der Waals surface area contributed by atoms with E-state index < -0.39 is 0 Å². The zero-order chi connectivity index (χ0) is 24.2. The Hall–Kier alpha value is -4.66. The van der Waals surface area contributed by atoms with Gasteiger partial charge < -0.3 is 19.5 Å². The van der Waals surface area contributed by atoms with Gasteiger partial charge in [0, 0.05) is 29.4 Å². The summed E-state index contributed by atoms with van der Waals surface area (Å²) >= 11 is 0. The second-order valence-electron chi connectivity index (χ2n) is 7.70. The Labute approximate surface area is 199 Å². The minimum Gasteiger partial charge on any atom is -0.486 e. The number of aromatic nitrogens is 2. The summed E-state index contributed by atoms with van der Waals surface area (Å²) in [6.07, 6.45) is 0. The van der Waals surface area contributed by atoms with E-state index >= 15 is 0 Å². The summed E-state index contributed by atoms with van der Waals surface area (Å²) in [5.74, 6) is 0.741. The van der Waals surface area contributed by atoms with Gasteiger partial charge in [-0.05, 0) is 54.1 Å². The van der Waals surface area contributed by atoms with E-state index in [9.17, 15) is 14.0 Å². The van der Waals surface area contributed by atoms with E-state index in [1.54, 1.807) is 54.6 Å². The lowest BCUT2D eigenvalue weighted by atomic mass is 10.2. The van der Waals surface area contributed by atoms with Crippen molar-refractivity contribution < 1.29 is 23.4 Å². The average molecular weight is 473 g/mol. The van der Waals surface area contributed by atoms with E-state index in [0.717, 1.165) is 0 Å². The molecule has 1 N–H and O–H groups in total. The van der Waals surface area contributed by atoms with Crippen molar-refractivity contribution in [2.24, 2.45) is 0 Å². The smallest absolute Gasteiger partial charge is 0.271 e. The van der Waals surface area contributed by atoms with Gasteiger partial charge in [-0.3, -0.25) is 9.59 Å². The van der Waals surface area contributed by atoms with Crippen molar-refractivity contribution in [1.82, 2.24) is 9.78 Å². The molecular formula is C26H20FN3O5. The topological polar surface area (TPSA) is 91.7 Å². The van der Waals surface area contributed by atoms with Crippen LogP contribution in [0.1, 0.15) is 15.9 Å². The standard InChI is InChI=1S/C26H20FN3O5/c27-19-3-1-2-17(14-19)16-35-24-10-11-25(31)30(29-24)21-7-4-18(5-8-21)26(32)28-20-6-9-22-23(15-20)34-13-12-33-22/h1-11,14-15H,12-13,16H2,(H,28,32). The van der Waals surface area contributed by atoms with Crippen LogP contribution in [-0.4, -0.2) is 28.9 Å². The van der Waals surface area contributed by atoms with Crippen LogP contribution >= 0.6 is 0 Å². The summed E-state index contributed by atoms with van der Waals surface area (Å²) in [5, 5.41) is 7.04. The number of anilines is 1. The Morgan fingerprint density at radius 2 is 1.77 bits per heavy atom. The zero-order valence-corrected chi connectivity index (χ0v) is 18.4. The first-order chi connectivity index (χ1) is 17.0. The maximum absolute atomic E-state index is 13.4. The minimum absolute atomic E-state index is 0.0991. The van der Waals surface area contributed by atoms with Gasteiger partial charge in [-0.15, -0.1) is 5.10 Å². The molecule has 1 aliphatic heterocycles. The van der Waals surface area contributed by atoms with Gasteiger partial charge in [0.2, 0.25) is 5.88 Å². The van der Waals surface area contributed by atoms with Gasteiger partial charge in [0.25, 0.3) is 11.5 Å². The molecule has 0 bridgehead atoms. The van der Waals surface area contributed by atoms with Crippen LogP contribution in [0.4, 0.5) is 10.1 Å². The van der Waals surface area contributed by atoms with Crippen LogP contribution in [0.25, 0.3) is 5.69 Å². The van der Waals surface area contributed by atoms with Crippen LogP contribution < -0.4 is 25.1 Å². The Balaban J connectivity index is 1.28. The number of hydrogen-bond acceptors (Lipinski definition) is 6. The summed E-state index contributed by atoms with van der Waals surface area (Å²) in [7, 11) is 0. The third kappa shape index (κ3) is 5.14. The number of carbonyl (C=O) groups is 1. The fourth-order valence-corrected chi connectivity index (χ4v) is 3.52. The molecular weight excluding hydrogens is 453 g/mol. The second-order valence-corrected chi connectivity index (χ2v) is 7.70. The van der Waals surface area contributed by atoms with Crippen LogP contribution in [-0.2, 0) is 6.61 Å². The van der Waals surface area contributed by atoms with Gasteiger partial charge in [-0.25, -0.2) is 4.39 Å². The van der Waals surface area contributed by atoms with Gasteiger partial charge in [-0.1, -0.05) is 12.1 Å².